The summed E-state index contributed by atoms with van der Waals surface area (Å²) in [6.07, 6.45) is 6.56. The monoisotopic (exact) mass is 304 g/mol. The lowest BCUT2D eigenvalue weighted by molar-refractivity contribution is 0.303. The molecule has 2 aromatic heterocycles. The van der Waals surface area contributed by atoms with Crippen LogP contribution in [0, 0.1) is 12.8 Å². The Bertz CT molecular complexity index is 604. The van der Waals surface area contributed by atoms with Gasteiger partial charge in [-0.1, -0.05) is 26.2 Å². The van der Waals surface area contributed by atoms with Gasteiger partial charge in [0.05, 0.1) is 5.39 Å². The van der Waals surface area contributed by atoms with Crippen LogP contribution in [0.2, 0.25) is 0 Å². The standard InChI is InChI=1S/C16H24N4S/c1-3-8-18-16-19-14(17-9-7-12-5-4-6-12)13-10-11(2)21-15(13)20-16/h10,12H,3-9H2,1-2H3,(H2,17,18,19,20). The quantitative estimate of drug-likeness (QED) is 0.795. The van der Waals surface area contributed by atoms with E-state index in [0.717, 1.165) is 47.4 Å². The molecule has 0 bridgehead atoms. The van der Waals surface area contributed by atoms with Crippen LogP contribution in [0.1, 0.15) is 43.9 Å². The summed E-state index contributed by atoms with van der Waals surface area (Å²) < 4.78 is 0. The van der Waals surface area contributed by atoms with Gasteiger partial charge in [-0.05, 0) is 31.7 Å². The first-order valence-corrected chi connectivity index (χ1v) is 8.84. The molecule has 5 heteroatoms. The van der Waals surface area contributed by atoms with Gasteiger partial charge in [0.1, 0.15) is 10.6 Å². The van der Waals surface area contributed by atoms with Gasteiger partial charge in [-0.3, -0.25) is 0 Å². The number of hydrogen-bond donors (Lipinski definition) is 2. The summed E-state index contributed by atoms with van der Waals surface area (Å²) in [5, 5.41) is 7.99. The molecule has 0 atom stereocenters. The summed E-state index contributed by atoms with van der Waals surface area (Å²) in [6, 6.07) is 2.19. The predicted octanol–water partition coefficient (Wildman–Crippen LogP) is 4.42. The first-order valence-electron chi connectivity index (χ1n) is 8.02. The first kappa shape index (κ1) is 14.6. The smallest absolute Gasteiger partial charge is 0.226 e. The molecule has 0 spiro atoms. The van der Waals surface area contributed by atoms with E-state index >= 15 is 0 Å². The second-order valence-electron chi connectivity index (χ2n) is 5.91. The van der Waals surface area contributed by atoms with E-state index in [1.165, 1.54) is 30.6 Å². The molecule has 1 aliphatic carbocycles. The predicted molar refractivity (Wildman–Crippen MR) is 91.4 cm³/mol. The Kier molecular flexibility index (Phi) is 4.58. The van der Waals surface area contributed by atoms with Crippen LogP contribution in [0.15, 0.2) is 6.07 Å². The lowest BCUT2D eigenvalue weighted by atomic mass is 9.83. The van der Waals surface area contributed by atoms with Gasteiger partial charge in [-0.15, -0.1) is 11.3 Å². The number of nitrogens with one attached hydrogen (secondary N) is 2. The van der Waals surface area contributed by atoms with Gasteiger partial charge in [0.25, 0.3) is 0 Å². The fourth-order valence-corrected chi connectivity index (χ4v) is 3.55. The summed E-state index contributed by atoms with van der Waals surface area (Å²) in [7, 11) is 0. The van der Waals surface area contributed by atoms with E-state index in [1.54, 1.807) is 11.3 Å². The van der Waals surface area contributed by atoms with Crippen LogP contribution in [0.4, 0.5) is 11.8 Å². The molecule has 1 fully saturated rings. The summed E-state index contributed by atoms with van der Waals surface area (Å²) in [4.78, 5) is 11.6. The number of thiophene rings is 1. The summed E-state index contributed by atoms with van der Waals surface area (Å²) in [5.41, 5.74) is 0. The van der Waals surface area contributed by atoms with E-state index < -0.39 is 0 Å². The molecule has 21 heavy (non-hydrogen) atoms. The van der Waals surface area contributed by atoms with Crippen LogP contribution in [0.25, 0.3) is 10.2 Å². The molecule has 0 unspecified atom stereocenters. The SMILES string of the molecule is CCCNc1nc(NCCC2CCC2)c2cc(C)sc2n1. The molecular weight excluding hydrogens is 280 g/mol. The Morgan fingerprint density at radius 1 is 1.24 bits per heavy atom. The van der Waals surface area contributed by atoms with Crippen molar-refractivity contribution in [2.75, 3.05) is 23.7 Å². The van der Waals surface area contributed by atoms with Crippen molar-refractivity contribution in [3.05, 3.63) is 10.9 Å². The topological polar surface area (TPSA) is 49.8 Å². The molecule has 1 saturated carbocycles. The Hall–Kier alpha value is -1.36. The van der Waals surface area contributed by atoms with Crippen molar-refractivity contribution in [3.8, 4) is 0 Å². The van der Waals surface area contributed by atoms with Crippen LogP contribution >= 0.6 is 11.3 Å². The second-order valence-corrected chi connectivity index (χ2v) is 7.15. The molecule has 4 nitrogen and oxygen atoms in total. The average Bonchev–Trinajstić information content (AvgIpc) is 2.79. The third-order valence-electron chi connectivity index (χ3n) is 4.12. The van der Waals surface area contributed by atoms with Crippen molar-refractivity contribution >= 4 is 33.3 Å². The molecule has 114 valence electrons. The van der Waals surface area contributed by atoms with Crippen LogP contribution in [-0.2, 0) is 0 Å². The van der Waals surface area contributed by atoms with Crippen molar-refractivity contribution in [2.24, 2.45) is 5.92 Å². The van der Waals surface area contributed by atoms with Crippen molar-refractivity contribution in [1.82, 2.24) is 9.97 Å². The zero-order valence-electron chi connectivity index (χ0n) is 12.9. The lowest BCUT2D eigenvalue weighted by Gasteiger charge is -2.25. The minimum absolute atomic E-state index is 0.748. The van der Waals surface area contributed by atoms with Gasteiger partial charge in [-0.2, -0.15) is 4.98 Å². The summed E-state index contributed by atoms with van der Waals surface area (Å²) >= 11 is 1.74. The molecule has 0 radical (unpaired) electrons. The molecule has 3 rings (SSSR count). The zero-order valence-corrected chi connectivity index (χ0v) is 13.7. The molecule has 0 saturated heterocycles. The van der Waals surface area contributed by atoms with Crippen molar-refractivity contribution < 1.29 is 0 Å². The van der Waals surface area contributed by atoms with Crippen LogP contribution in [0.5, 0.6) is 0 Å². The fourth-order valence-electron chi connectivity index (χ4n) is 2.67. The maximum absolute atomic E-state index is 4.67. The minimum atomic E-state index is 0.748. The highest BCUT2D eigenvalue weighted by Gasteiger charge is 2.17. The van der Waals surface area contributed by atoms with E-state index in [0.29, 0.717) is 0 Å². The lowest BCUT2D eigenvalue weighted by Crippen LogP contribution is -2.16. The molecule has 0 amide bonds. The molecule has 1 aliphatic rings. The highest BCUT2D eigenvalue weighted by atomic mass is 32.1. The molecule has 2 N–H and O–H groups in total. The average molecular weight is 304 g/mol. The van der Waals surface area contributed by atoms with E-state index in [9.17, 15) is 0 Å². The van der Waals surface area contributed by atoms with Gasteiger partial charge < -0.3 is 10.6 Å². The highest BCUT2D eigenvalue weighted by molar-refractivity contribution is 7.18. The van der Waals surface area contributed by atoms with Crippen molar-refractivity contribution in [2.45, 2.75) is 46.0 Å². The normalized spacial score (nSPS) is 15.1. The highest BCUT2D eigenvalue weighted by Crippen LogP contribution is 2.31. The number of fused-ring (bicyclic) bond motifs is 1. The Morgan fingerprint density at radius 3 is 2.81 bits per heavy atom. The Labute approximate surface area is 130 Å². The van der Waals surface area contributed by atoms with Gasteiger partial charge in [0, 0.05) is 18.0 Å². The van der Waals surface area contributed by atoms with E-state index in [-0.39, 0.29) is 0 Å². The maximum Gasteiger partial charge on any atom is 0.226 e. The maximum atomic E-state index is 4.67. The number of nitrogens with zero attached hydrogens (tertiary/aromatic N) is 2. The largest absolute Gasteiger partial charge is 0.369 e. The third kappa shape index (κ3) is 3.46. The van der Waals surface area contributed by atoms with E-state index in [4.69, 9.17) is 0 Å². The summed E-state index contributed by atoms with van der Waals surface area (Å²) in [6.45, 7) is 6.21. The molecule has 0 aliphatic heterocycles. The van der Waals surface area contributed by atoms with Crippen LogP contribution < -0.4 is 10.6 Å². The van der Waals surface area contributed by atoms with Gasteiger partial charge in [0.2, 0.25) is 5.95 Å². The number of aromatic nitrogens is 2. The number of aryl methyl sites for hydroxylation is 1. The Balaban J connectivity index is 1.75. The number of anilines is 2. The van der Waals surface area contributed by atoms with Crippen LogP contribution in [-0.4, -0.2) is 23.1 Å². The summed E-state index contributed by atoms with van der Waals surface area (Å²) in [5.74, 6) is 2.66. The van der Waals surface area contributed by atoms with Gasteiger partial charge in [0.15, 0.2) is 0 Å². The fraction of sp³-hybridized carbons (Fsp3) is 0.625. The Morgan fingerprint density at radius 2 is 2.10 bits per heavy atom. The number of rotatable bonds is 7. The molecule has 0 aromatic carbocycles. The van der Waals surface area contributed by atoms with Crippen molar-refractivity contribution in [3.63, 3.8) is 0 Å². The first-order chi connectivity index (χ1) is 10.3. The van der Waals surface area contributed by atoms with E-state index in [1.807, 2.05) is 0 Å². The molecular formula is C16H24N4S. The van der Waals surface area contributed by atoms with Crippen molar-refractivity contribution in [1.29, 1.82) is 0 Å². The second kappa shape index (κ2) is 6.60. The third-order valence-corrected chi connectivity index (χ3v) is 5.06. The molecule has 2 heterocycles. The van der Waals surface area contributed by atoms with Crippen LogP contribution in [0.3, 0.4) is 0 Å². The van der Waals surface area contributed by atoms with E-state index in [2.05, 4.69) is 40.5 Å². The van der Waals surface area contributed by atoms with Gasteiger partial charge >= 0.3 is 0 Å². The zero-order chi connectivity index (χ0) is 14.7. The number of hydrogen-bond acceptors (Lipinski definition) is 5. The van der Waals surface area contributed by atoms with Gasteiger partial charge in [-0.25, -0.2) is 4.98 Å². The molecule has 2 aromatic rings. The minimum Gasteiger partial charge on any atom is -0.369 e.